The Morgan fingerprint density at radius 1 is 1.00 bits per heavy atom. The first kappa shape index (κ1) is 49.4. The molecule has 2 saturated heterocycles. The summed E-state index contributed by atoms with van der Waals surface area (Å²) in [6.07, 6.45) is -4.48. The Kier molecular flexibility index (Phi) is 14.8. The molecule has 65 heavy (non-hydrogen) atoms. The SMILES string of the molecule is CCC[C@@H]1C2=C(C)[C@@H](OC(=O)[C@H](O)[C@@H](NC(=O)OC(C)(C)C)c3ccccc3)C[C@@]1(O)[C@@H](OC(=O)C1=CCC(C)C=C1)[C@@H]1CC3O[C@H](C[C@H](C)[C@@]1(C)C(=O)[C@@H]2OC(=O)OC)C3OC(C)=O. The number of methoxy groups -OCH3 is 1. The Bertz CT molecular complexity index is 2090. The Morgan fingerprint density at radius 3 is 2.28 bits per heavy atom. The number of aliphatic hydroxyl groups excluding tert-OH is 1. The maximum absolute atomic E-state index is 15.8. The summed E-state index contributed by atoms with van der Waals surface area (Å²) in [6, 6.07) is 6.89. The van der Waals surface area contributed by atoms with Crippen molar-refractivity contribution in [2.24, 2.45) is 29.1 Å². The molecule has 4 fully saturated rings. The summed E-state index contributed by atoms with van der Waals surface area (Å²) in [7, 11) is 1.10. The van der Waals surface area contributed by atoms with Gasteiger partial charge in [-0.15, -0.1) is 0 Å². The fraction of sp³-hybridized carbons (Fsp3) is 0.633. The molecular weight excluding hydrogens is 843 g/mol. The molecule has 356 valence electrons. The molecule has 16 heteroatoms. The van der Waals surface area contributed by atoms with Crippen LogP contribution in [-0.4, -0.2) is 107 Å². The number of carbonyl (C=O) groups excluding carboxylic acids is 6. The lowest BCUT2D eigenvalue weighted by Crippen LogP contribution is -2.70. The molecular formula is C49H65NO15. The number of benzene rings is 1. The number of alkyl carbamates (subject to hydrolysis) is 1. The van der Waals surface area contributed by atoms with E-state index in [-0.39, 0.29) is 41.9 Å². The number of amides is 1. The highest BCUT2D eigenvalue weighted by Crippen LogP contribution is 2.59. The van der Waals surface area contributed by atoms with Crippen LogP contribution in [0.15, 0.2) is 65.3 Å². The van der Waals surface area contributed by atoms with Gasteiger partial charge in [-0.1, -0.05) is 82.7 Å². The second-order valence-electron chi connectivity index (χ2n) is 19.5. The van der Waals surface area contributed by atoms with Gasteiger partial charge < -0.3 is 48.7 Å². The average molecular weight is 908 g/mol. The van der Waals surface area contributed by atoms with E-state index in [1.165, 1.54) is 6.92 Å². The van der Waals surface area contributed by atoms with Gasteiger partial charge in [-0.2, -0.15) is 0 Å². The van der Waals surface area contributed by atoms with E-state index in [1.807, 2.05) is 26.8 Å². The zero-order valence-corrected chi connectivity index (χ0v) is 39.0. The third-order valence-electron chi connectivity index (χ3n) is 14.0. The molecule has 2 heterocycles. The van der Waals surface area contributed by atoms with Crippen molar-refractivity contribution in [3.05, 3.63) is 70.8 Å². The van der Waals surface area contributed by atoms with E-state index in [2.05, 4.69) is 5.32 Å². The first-order valence-electron chi connectivity index (χ1n) is 22.6. The molecule has 3 N–H and O–H groups in total. The lowest BCUT2D eigenvalue weighted by Gasteiger charge is -2.60. The van der Waals surface area contributed by atoms with Crippen LogP contribution in [0.1, 0.15) is 112 Å². The van der Waals surface area contributed by atoms with Crippen LogP contribution in [0.4, 0.5) is 9.59 Å². The minimum atomic E-state index is -2.15. The van der Waals surface area contributed by atoms with Crippen molar-refractivity contribution in [3.63, 3.8) is 0 Å². The third-order valence-corrected chi connectivity index (χ3v) is 14.0. The molecule has 0 aromatic heterocycles. The molecule has 2 saturated carbocycles. The number of allylic oxidation sites excluding steroid dienone is 2. The van der Waals surface area contributed by atoms with E-state index < -0.39 is 126 Å². The van der Waals surface area contributed by atoms with E-state index in [1.54, 1.807) is 77.1 Å². The number of ether oxygens (including phenoxy) is 7. The Hall–Kier alpha value is -5.06. The van der Waals surface area contributed by atoms with E-state index in [0.29, 0.717) is 18.4 Å². The topological polar surface area (TPSA) is 220 Å². The lowest BCUT2D eigenvalue weighted by atomic mass is 9.50. The minimum absolute atomic E-state index is 0.0344. The Balaban J connectivity index is 1.52. The van der Waals surface area contributed by atoms with Gasteiger partial charge in [-0.3, -0.25) is 9.59 Å². The molecule has 14 atom stereocenters. The van der Waals surface area contributed by atoms with Crippen LogP contribution >= 0.6 is 0 Å². The molecule has 4 bridgehead atoms. The summed E-state index contributed by atoms with van der Waals surface area (Å²) >= 11 is 0. The molecule has 4 aliphatic carbocycles. The predicted molar refractivity (Wildman–Crippen MR) is 232 cm³/mol. The number of rotatable bonds is 11. The standard InChI is InChI=1S/C49H65NO15/c1-11-15-31-36-27(4)35(62-44(55)38(52)37(29-16-13-12-14-17-29)50-45(56)65-47(6,7)8)24-49(31,58)42(64-43(54)30-20-18-25(2)19-21-30)32-23-34-39(60-28(5)51)33(61-34)22-26(3)48(32,9)41(53)40(36)63-46(57)59-10/h12-14,16-18,20-21,25-26,31-35,37-40,42,52,58H,11,15,19,22-24H2,1-10H3,(H,50,56)/t25?,26-,31+,32-,33+,34?,35-,37-,38+,39?,40+,42-,48+,49-/m0/s1. The van der Waals surface area contributed by atoms with Crippen molar-refractivity contribution in [1.82, 2.24) is 5.32 Å². The molecule has 0 radical (unpaired) electrons. The number of ketones is 1. The van der Waals surface area contributed by atoms with E-state index in [0.717, 1.165) is 7.11 Å². The normalized spacial score (nSPS) is 34.0. The molecule has 1 amide bonds. The van der Waals surface area contributed by atoms with Gasteiger partial charge >= 0.3 is 30.2 Å². The van der Waals surface area contributed by atoms with Crippen LogP contribution in [0.25, 0.3) is 0 Å². The van der Waals surface area contributed by atoms with Crippen molar-refractivity contribution < 1.29 is 72.1 Å². The largest absolute Gasteiger partial charge is 0.509 e. The molecule has 7 rings (SSSR count). The quantitative estimate of drug-likeness (QED) is 0.126. The highest BCUT2D eigenvalue weighted by molar-refractivity contribution is 5.95. The fourth-order valence-electron chi connectivity index (χ4n) is 10.5. The number of hydrogen-bond donors (Lipinski definition) is 3. The van der Waals surface area contributed by atoms with Crippen molar-refractivity contribution in [1.29, 1.82) is 0 Å². The summed E-state index contributed by atoms with van der Waals surface area (Å²) in [4.78, 5) is 83.3. The summed E-state index contributed by atoms with van der Waals surface area (Å²) in [5, 5.41) is 28.2. The zero-order chi connectivity index (χ0) is 47.8. The number of Topliss-reactive ketones (excluding diaryl/α,β-unsaturated/α-hetero) is 1. The first-order valence-corrected chi connectivity index (χ1v) is 22.6. The first-order chi connectivity index (χ1) is 30.5. The van der Waals surface area contributed by atoms with E-state index in [4.69, 9.17) is 33.2 Å². The summed E-state index contributed by atoms with van der Waals surface area (Å²) in [5.41, 5.74) is -3.55. The Labute approximate surface area is 380 Å². The number of esters is 3. The third kappa shape index (κ3) is 10.0. The van der Waals surface area contributed by atoms with Crippen molar-refractivity contribution >= 4 is 35.9 Å². The summed E-state index contributed by atoms with van der Waals surface area (Å²) < 4.78 is 41.2. The highest BCUT2D eigenvalue weighted by atomic mass is 16.7. The zero-order valence-electron chi connectivity index (χ0n) is 39.0. The van der Waals surface area contributed by atoms with E-state index >= 15 is 4.79 Å². The van der Waals surface area contributed by atoms with Gasteiger partial charge in [0.1, 0.15) is 23.4 Å². The highest BCUT2D eigenvalue weighted by Gasteiger charge is 2.68. The van der Waals surface area contributed by atoms with Gasteiger partial charge in [0.25, 0.3) is 0 Å². The van der Waals surface area contributed by atoms with Gasteiger partial charge in [-0.25, -0.2) is 19.2 Å². The molecule has 1 aromatic carbocycles. The molecule has 2 aliphatic heterocycles. The number of nitrogens with one attached hydrogen (secondary N) is 1. The molecule has 16 nitrogen and oxygen atoms in total. The maximum atomic E-state index is 15.8. The number of hydrogen-bond acceptors (Lipinski definition) is 15. The van der Waals surface area contributed by atoms with E-state index in [9.17, 15) is 34.2 Å². The van der Waals surface area contributed by atoms with Gasteiger partial charge in [0.05, 0.1) is 30.9 Å². The minimum Gasteiger partial charge on any atom is -0.457 e. The van der Waals surface area contributed by atoms with Gasteiger partial charge in [0.15, 0.2) is 24.1 Å². The lowest BCUT2D eigenvalue weighted by molar-refractivity contribution is -0.273. The van der Waals surface area contributed by atoms with Crippen LogP contribution in [0.3, 0.4) is 0 Å². The number of fused-ring (bicyclic) bond motifs is 3. The molecule has 6 aliphatic rings. The Morgan fingerprint density at radius 2 is 1.68 bits per heavy atom. The van der Waals surface area contributed by atoms with Crippen molar-refractivity contribution in [3.8, 4) is 0 Å². The van der Waals surface area contributed by atoms with Crippen molar-refractivity contribution in [2.45, 2.75) is 161 Å². The average Bonchev–Trinajstić information content (AvgIpc) is 3.24. The maximum Gasteiger partial charge on any atom is 0.509 e. The van der Waals surface area contributed by atoms with Crippen LogP contribution in [-0.2, 0) is 52.3 Å². The molecule has 0 spiro atoms. The smallest absolute Gasteiger partial charge is 0.457 e. The van der Waals surface area contributed by atoms with Gasteiger partial charge in [-0.05, 0) is 81.9 Å². The monoisotopic (exact) mass is 907 g/mol. The van der Waals surface area contributed by atoms with Gasteiger partial charge in [0, 0.05) is 30.6 Å². The van der Waals surface area contributed by atoms with Crippen LogP contribution in [0.2, 0.25) is 0 Å². The van der Waals surface area contributed by atoms with Crippen LogP contribution in [0.5, 0.6) is 0 Å². The van der Waals surface area contributed by atoms with Crippen molar-refractivity contribution in [2.75, 3.05) is 7.11 Å². The molecule has 1 aromatic rings. The van der Waals surface area contributed by atoms with Crippen LogP contribution in [0, 0.1) is 29.1 Å². The summed E-state index contributed by atoms with van der Waals surface area (Å²) in [5.74, 6) is -5.59. The summed E-state index contributed by atoms with van der Waals surface area (Å²) in [6.45, 7) is 15.3. The number of carbonyl (C=O) groups is 6. The number of aliphatic hydroxyl groups is 2. The molecule has 3 unspecified atom stereocenters. The second kappa shape index (κ2) is 19.4. The predicted octanol–water partition coefficient (Wildman–Crippen LogP) is 6.31. The second-order valence-corrected chi connectivity index (χ2v) is 19.5. The van der Waals surface area contributed by atoms with Gasteiger partial charge in [0.2, 0.25) is 0 Å². The van der Waals surface area contributed by atoms with Crippen LogP contribution < -0.4 is 5.32 Å². The fourth-order valence-corrected chi connectivity index (χ4v) is 10.5.